The topological polar surface area (TPSA) is 101 Å². The highest BCUT2D eigenvalue weighted by Crippen LogP contribution is 2.13. The number of benzene rings is 1. The summed E-state index contributed by atoms with van der Waals surface area (Å²) in [6.07, 6.45) is 0. The standard InChI is InChI=1S/C13H17NO5S/c1-9(2)20(18,19)8-11(15)14-12(13(16)17)10-6-4-3-5-7-10/h3-7,9,12H,8H2,1-2H3,(H,14,15)(H,16,17)/t12-/m1/s1. The van der Waals surface area contributed by atoms with Crippen molar-refractivity contribution in [2.24, 2.45) is 0 Å². The first-order valence-corrected chi connectivity index (χ1v) is 7.74. The van der Waals surface area contributed by atoms with Crippen LogP contribution in [0.1, 0.15) is 25.5 Å². The predicted molar refractivity (Wildman–Crippen MR) is 73.9 cm³/mol. The van der Waals surface area contributed by atoms with Crippen LogP contribution >= 0.6 is 0 Å². The normalized spacial score (nSPS) is 12.9. The molecule has 1 atom stereocenters. The van der Waals surface area contributed by atoms with Crippen molar-refractivity contribution in [3.05, 3.63) is 35.9 Å². The summed E-state index contributed by atoms with van der Waals surface area (Å²) in [5.41, 5.74) is 0.385. The predicted octanol–water partition coefficient (Wildman–Crippen LogP) is 0.752. The van der Waals surface area contributed by atoms with Crippen LogP contribution in [0.5, 0.6) is 0 Å². The number of carbonyl (C=O) groups excluding carboxylic acids is 1. The van der Waals surface area contributed by atoms with E-state index in [0.29, 0.717) is 5.56 Å². The van der Waals surface area contributed by atoms with Crippen molar-refractivity contribution in [1.82, 2.24) is 5.32 Å². The molecule has 0 bridgehead atoms. The molecule has 7 heteroatoms. The molecular weight excluding hydrogens is 282 g/mol. The molecule has 0 heterocycles. The fourth-order valence-corrected chi connectivity index (χ4v) is 2.27. The van der Waals surface area contributed by atoms with Gasteiger partial charge in [-0.25, -0.2) is 13.2 Å². The van der Waals surface area contributed by atoms with Gasteiger partial charge >= 0.3 is 5.97 Å². The van der Waals surface area contributed by atoms with Crippen LogP contribution in [-0.4, -0.2) is 36.4 Å². The number of aliphatic carboxylic acids is 1. The number of sulfone groups is 1. The van der Waals surface area contributed by atoms with Gasteiger partial charge in [0.1, 0.15) is 5.75 Å². The number of carbonyl (C=O) groups is 2. The molecule has 0 aliphatic carbocycles. The molecule has 0 saturated heterocycles. The van der Waals surface area contributed by atoms with Gasteiger partial charge < -0.3 is 10.4 Å². The van der Waals surface area contributed by atoms with Crippen molar-refractivity contribution in [1.29, 1.82) is 0 Å². The Balaban J connectivity index is 2.83. The Morgan fingerprint density at radius 2 is 1.75 bits per heavy atom. The average Bonchev–Trinajstić information content (AvgIpc) is 2.36. The minimum atomic E-state index is -3.56. The van der Waals surface area contributed by atoms with E-state index < -0.39 is 38.8 Å². The first-order chi connectivity index (χ1) is 9.24. The van der Waals surface area contributed by atoms with E-state index in [1.807, 2.05) is 0 Å². The first-order valence-electron chi connectivity index (χ1n) is 6.02. The maximum Gasteiger partial charge on any atom is 0.330 e. The second-order valence-electron chi connectivity index (χ2n) is 4.61. The van der Waals surface area contributed by atoms with Crippen LogP contribution in [0.4, 0.5) is 0 Å². The molecule has 2 N–H and O–H groups in total. The van der Waals surface area contributed by atoms with Gasteiger partial charge in [-0.15, -0.1) is 0 Å². The molecular formula is C13H17NO5S. The molecule has 0 radical (unpaired) electrons. The zero-order chi connectivity index (χ0) is 15.3. The van der Waals surface area contributed by atoms with Crippen LogP contribution in [0.25, 0.3) is 0 Å². The van der Waals surface area contributed by atoms with Crippen molar-refractivity contribution in [2.75, 3.05) is 5.75 Å². The highest BCUT2D eigenvalue weighted by Gasteiger charge is 2.26. The van der Waals surface area contributed by atoms with E-state index in [0.717, 1.165) is 0 Å². The number of hydrogen-bond donors (Lipinski definition) is 2. The zero-order valence-electron chi connectivity index (χ0n) is 11.2. The minimum Gasteiger partial charge on any atom is -0.479 e. The summed E-state index contributed by atoms with van der Waals surface area (Å²) >= 11 is 0. The van der Waals surface area contributed by atoms with Crippen LogP contribution in [0.2, 0.25) is 0 Å². The summed E-state index contributed by atoms with van der Waals surface area (Å²) in [7, 11) is -3.56. The third-order valence-electron chi connectivity index (χ3n) is 2.74. The maximum atomic E-state index is 11.7. The van der Waals surface area contributed by atoms with E-state index in [2.05, 4.69) is 5.32 Å². The third kappa shape index (κ3) is 4.34. The molecule has 1 aromatic carbocycles. The number of carboxylic acid groups (broad SMARTS) is 1. The summed E-state index contributed by atoms with van der Waals surface area (Å²) in [5.74, 6) is -2.79. The maximum absolute atomic E-state index is 11.7. The fraction of sp³-hybridized carbons (Fsp3) is 0.385. The van der Waals surface area contributed by atoms with Crippen LogP contribution in [-0.2, 0) is 19.4 Å². The van der Waals surface area contributed by atoms with Gasteiger partial charge in [0.2, 0.25) is 5.91 Å². The molecule has 1 amide bonds. The lowest BCUT2D eigenvalue weighted by Gasteiger charge is -2.15. The van der Waals surface area contributed by atoms with E-state index in [9.17, 15) is 18.0 Å². The van der Waals surface area contributed by atoms with E-state index in [1.54, 1.807) is 30.3 Å². The van der Waals surface area contributed by atoms with Gasteiger partial charge in [-0.2, -0.15) is 0 Å². The molecule has 0 aromatic heterocycles. The van der Waals surface area contributed by atoms with E-state index in [4.69, 9.17) is 5.11 Å². The van der Waals surface area contributed by atoms with E-state index >= 15 is 0 Å². The summed E-state index contributed by atoms with van der Waals surface area (Å²) < 4.78 is 23.2. The molecule has 1 aromatic rings. The second kappa shape index (κ2) is 6.51. The Labute approximate surface area is 117 Å². The Morgan fingerprint density at radius 3 is 2.20 bits per heavy atom. The molecule has 0 saturated carbocycles. The Morgan fingerprint density at radius 1 is 1.20 bits per heavy atom. The number of nitrogens with one attached hydrogen (secondary N) is 1. The number of carboxylic acids is 1. The van der Waals surface area contributed by atoms with Gasteiger partial charge in [0, 0.05) is 0 Å². The summed E-state index contributed by atoms with van der Waals surface area (Å²) in [6.45, 7) is 2.93. The average molecular weight is 299 g/mol. The van der Waals surface area contributed by atoms with Crippen LogP contribution in [0.15, 0.2) is 30.3 Å². The van der Waals surface area contributed by atoms with Gasteiger partial charge in [0.25, 0.3) is 0 Å². The monoisotopic (exact) mass is 299 g/mol. The first kappa shape index (κ1) is 16.2. The van der Waals surface area contributed by atoms with Gasteiger partial charge in [-0.05, 0) is 19.4 Å². The number of rotatable bonds is 6. The highest BCUT2D eigenvalue weighted by molar-refractivity contribution is 7.92. The molecule has 0 fully saturated rings. The van der Waals surface area contributed by atoms with Crippen molar-refractivity contribution in [3.63, 3.8) is 0 Å². The minimum absolute atomic E-state index is 0.385. The molecule has 1 rings (SSSR count). The Kier molecular flexibility index (Phi) is 5.26. The zero-order valence-corrected chi connectivity index (χ0v) is 12.1. The molecule has 0 aliphatic heterocycles. The lowest BCUT2D eigenvalue weighted by atomic mass is 10.1. The van der Waals surface area contributed by atoms with Crippen molar-refractivity contribution < 1.29 is 23.1 Å². The summed E-state index contributed by atoms with van der Waals surface area (Å²) in [5, 5.41) is 10.7. The van der Waals surface area contributed by atoms with E-state index in [-0.39, 0.29) is 0 Å². The molecule has 20 heavy (non-hydrogen) atoms. The van der Waals surface area contributed by atoms with Crippen molar-refractivity contribution >= 4 is 21.7 Å². The van der Waals surface area contributed by atoms with Gasteiger partial charge in [-0.3, -0.25) is 4.79 Å². The van der Waals surface area contributed by atoms with E-state index in [1.165, 1.54) is 13.8 Å². The Bertz CT molecular complexity index is 580. The van der Waals surface area contributed by atoms with Gasteiger partial charge in [0.15, 0.2) is 15.9 Å². The largest absolute Gasteiger partial charge is 0.479 e. The Hall–Kier alpha value is -1.89. The van der Waals surface area contributed by atoms with Gasteiger partial charge in [0.05, 0.1) is 5.25 Å². The number of amides is 1. The summed E-state index contributed by atoms with van der Waals surface area (Å²) in [4.78, 5) is 22.9. The molecule has 6 nitrogen and oxygen atoms in total. The lowest BCUT2D eigenvalue weighted by Crippen LogP contribution is -2.38. The fourth-order valence-electron chi connectivity index (χ4n) is 1.49. The highest BCUT2D eigenvalue weighted by atomic mass is 32.2. The van der Waals surface area contributed by atoms with Gasteiger partial charge in [-0.1, -0.05) is 30.3 Å². The third-order valence-corrected chi connectivity index (χ3v) is 4.84. The summed E-state index contributed by atoms with van der Waals surface area (Å²) in [6, 6.07) is 6.84. The van der Waals surface area contributed by atoms with Crippen molar-refractivity contribution in [2.45, 2.75) is 25.1 Å². The lowest BCUT2D eigenvalue weighted by molar-refractivity contribution is -0.141. The molecule has 110 valence electrons. The van der Waals surface area contributed by atoms with Crippen molar-refractivity contribution in [3.8, 4) is 0 Å². The molecule has 0 spiro atoms. The molecule has 0 unspecified atom stereocenters. The van der Waals surface area contributed by atoms with Crippen LogP contribution in [0, 0.1) is 0 Å². The second-order valence-corrected chi connectivity index (χ2v) is 7.16. The number of hydrogen-bond acceptors (Lipinski definition) is 4. The quantitative estimate of drug-likeness (QED) is 0.807. The smallest absolute Gasteiger partial charge is 0.330 e. The van der Waals surface area contributed by atoms with Crippen LogP contribution in [0.3, 0.4) is 0 Å². The molecule has 0 aliphatic rings. The SMILES string of the molecule is CC(C)S(=O)(=O)CC(=O)N[C@@H](C(=O)O)c1ccccc1. The van der Waals surface area contributed by atoms with Crippen LogP contribution < -0.4 is 5.32 Å².